The molecule has 1 fully saturated rings. The number of carboxylic acids is 1. The molecule has 1 aliphatic rings. The highest BCUT2D eigenvalue weighted by molar-refractivity contribution is 5.83. The van der Waals surface area contributed by atoms with E-state index in [-0.39, 0.29) is 12.3 Å². The van der Waals surface area contributed by atoms with Crippen molar-refractivity contribution in [1.82, 2.24) is 9.88 Å². The van der Waals surface area contributed by atoms with Gasteiger partial charge >= 0.3 is 12.1 Å². The Morgan fingerprint density at radius 3 is 2.66 bits per heavy atom. The first kappa shape index (κ1) is 27.5. The van der Waals surface area contributed by atoms with Crippen molar-refractivity contribution in [2.75, 3.05) is 26.7 Å². The van der Waals surface area contributed by atoms with Gasteiger partial charge in [0.15, 0.2) is 0 Å². The zero-order chi connectivity index (χ0) is 27.1. The third-order valence-electron chi connectivity index (χ3n) is 7.22. The average molecular weight is 525 g/mol. The number of carbonyl (C=O) groups is 1. The first-order chi connectivity index (χ1) is 18.2. The summed E-state index contributed by atoms with van der Waals surface area (Å²) in [7, 11) is 1.65. The molecule has 3 aromatic rings. The number of hydrogen-bond donors (Lipinski definition) is 1. The topological polar surface area (TPSA) is 62.7 Å². The van der Waals surface area contributed by atoms with E-state index in [1.54, 1.807) is 7.11 Å². The van der Waals surface area contributed by atoms with Gasteiger partial charge in [-0.3, -0.25) is 14.7 Å². The van der Waals surface area contributed by atoms with Gasteiger partial charge in [0, 0.05) is 30.1 Å². The lowest BCUT2D eigenvalue weighted by molar-refractivity contribution is -0.139. The average Bonchev–Trinajstić information content (AvgIpc) is 2.89. The SMILES string of the molecule is COc1ccc2nccc(CCC[C@@H]3CCN(CC#Cc4ccc(C(F)(F)F)cc4)C[C@@H]3CC(=O)O)c2c1. The second-order valence-corrected chi connectivity index (χ2v) is 9.76. The predicted octanol–water partition coefficient (Wildman–Crippen LogP) is 6.05. The third-order valence-corrected chi connectivity index (χ3v) is 7.22. The quantitative estimate of drug-likeness (QED) is 0.364. The van der Waals surface area contributed by atoms with Gasteiger partial charge in [-0.25, -0.2) is 0 Å². The van der Waals surface area contributed by atoms with E-state index in [0.29, 0.717) is 24.6 Å². The van der Waals surface area contributed by atoms with Crippen LogP contribution in [-0.2, 0) is 17.4 Å². The highest BCUT2D eigenvalue weighted by Gasteiger charge is 2.31. The lowest BCUT2D eigenvalue weighted by Gasteiger charge is -2.37. The van der Waals surface area contributed by atoms with Gasteiger partial charge < -0.3 is 9.84 Å². The van der Waals surface area contributed by atoms with E-state index in [4.69, 9.17) is 4.74 Å². The number of methoxy groups -OCH3 is 1. The number of halogens is 3. The van der Waals surface area contributed by atoms with Crippen molar-refractivity contribution < 1.29 is 27.8 Å². The fourth-order valence-corrected chi connectivity index (χ4v) is 5.21. The molecule has 200 valence electrons. The van der Waals surface area contributed by atoms with Gasteiger partial charge in [-0.1, -0.05) is 11.8 Å². The molecule has 1 aliphatic heterocycles. The Morgan fingerprint density at radius 2 is 1.95 bits per heavy atom. The maximum absolute atomic E-state index is 12.7. The van der Waals surface area contributed by atoms with Crippen LogP contribution in [0.1, 0.15) is 42.4 Å². The number of aromatic nitrogens is 1. The molecule has 2 heterocycles. The molecule has 0 spiro atoms. The Bertz CT molecular complexity index is 1310. The summed E-state index contributed by atoms with van der Waals surface area (Å²) in [5, 5.41) is 10.6. The minimum Gasteiger partial charge on any atom is -0.497 e. The van der Waals surface area contributed by atoms with Gasteiger partial charge in [-0.05, 0) is 98.2 Å². The van der Waals surface area contributed by atoms with Crippen molar-refractivity contribution in [3.63, 3.8) is 0 Å². The van der Waals surface area contributed by atoms with Crippen molar-refractivity contribution >= 4 is 16.9 Å². The number of alkyl halides is 3. The van der Waals surface area contributed by atoms with Crippen LogP contribution in [-0.4, -0.2) is 47.7 Å². The molecule has 0 bridgehead atoms. The molecule has 5 nitrogen and oxygen atoms in total. The van der Waals surface area contributed by atoms with E-state index < -0.39 is 17.7 Å². The number of carboxylic acid groups (broad SMARTS) is 1. The minimum absolute atomic E-state index is 0.0309. The second-order valence-electron chi connectivity index (χ2n) is 9.76. The van der Waals surface area contributed by atoms with Crippen LogP contribution in [0.5, 0.6) is 5.75 Å². The van der Waals surface area contributed by atoms with E-state index in [1.807, 2.05) is 30.5 Å². The van der Waals surface area contributed by atoms with Crippen LogP contribution in [0.2, 0.25) is 0 Å². The standard InChI is InChI=1S/C30H31F3N2O3/c1-38-26-11-12-28-27(19-26)23(13-15-34-28)6-2-5-22-14-17-35(20-24(22)18-29(36)37)16-3-4-21-7-9-25(10-8-21)30(31,32)33/h7-13,15,19,22,24H,2,5-6,14,16-18,20H2,1H3,(H,36,37)/t22-,24+/m1/s1. The fourth-order valence-electron chi connectivity index (χ4n) is 5.21. The lowest BCUT2D eigenvalue weighted by Crippen LogP contribution is -2.41. The summed E-state index contributed by atoms with van der Waals surface area (Å²) in [5.41, 5.74) is 1.96. The Labute approximate surface area is 220 Å². The summed E-state index contributed by atoms with van der Waals surface area (Å²) < 4.78 is 43.6. The molecule has 0 aliphatic carbocycles. The van der Waals surface area contributed by atoms with Gasteiger partial charge in [-0.15, -0.1) is 0 Å². The van der Waals surface area contributed by atoms with E-state index in [9.17, 15) is 23.1 Å². The van der Waals surface area contributed by atoms with Gasteiger partial charge in [-0.2, -0.15) is 13.2 Å². The molecule has 2 aromatic carbocycles. The molecule has 0 radical (unpaired) electrons. The van der Waals surface area contributed by atoms with E-state index >= 15 is 0 Å². The normalized spacial score (nSPS) is 18.1. The lowest BCUT2D eigenvalue weighted by atomic mass is 9.80. The van der Waals surface area contributed by atoms with Crippen LogP contribution >= 0.6 is 0 Å². The highest BCUT2D eigenvalue weighted by atomic mass is 19.4. The fraction of sp³-hybridized carbons (Fsp3) is 0.400. The number of nitrogens with zero attached hydrogens (tertiary/aromatic N) is 2. The Hall–Kier alpha value is -3.57. The van der Waals surface area contributed by atoms with Crippen LogP contribution in [0.3, 0.4) is 0 Å². The van der Waals surface area contributed by atoms with Crippen LogP contribution in [0.15, 0.2) is 54.7 Å². The van der Waals surface area contributed by atoms with Crippen molar-refractivity contribution in [3.8, 4) is 17.6 Å². The number of piperidine rings is 1. The first-order valence-corrected chi connectivity index (χ1v) is 12.7. The zero-order valence-corrected chi connectivity index (χ0v) is 21.3. The molecule has 4 rings (SSSR count). The summed E-state index contributed by atoms with van der Waals surface area (Å²) in [4.78, 5) is 18.2. The van der Waals surface area contributed by atoms with Gasteiger partial charge in [0.2, 0.25) is 0 Å². The number of fused-ring (bicyclic) bond motifs is 1. The molecular weight excluding hydrogens is 493 g/mol. The predicted molar refractivity (Wildman–Crippen MR) is 140 cm³/mol. The largest absolute Gasteiger partial charge is 0.497 e. The number of likely N-dealkylation sites (tertiary alicyclic amines) is 1. The van der Waals surface area contributed by atoms with Crippen molar-refractivity contribution in [3.05, 3.63) is 71.4 Å². The second kappa shape index (κ2) is 12.3. The van der Waals surface area contributed by atoms with E-state index in [0.717, 1.165) is 61.0 Å². The summed E-state index contributed by atoms with van der Waals surface area (Å²) in [5.74, 6) is 6.30. The van der Waals surface area contributed by atoms with Gasteiger partial charge in [0.25, 0.3) is 0 Å². The molecule has 0 unspecified atom stereocenters. The van der Waals surface area contributed by atoms with Gasteiger partial charge in [0.1, 0.15) is 5.75 Å². The zero-order valence-electron chi connectivity index (χ0n) is 21.3. The molecule has 1 N–H and O–H groups in total. The maximum Gasteiger partial charge on any atom is 0.416 e. The minimum atomic E-state index is -4.37. The number of hydrogen-bond acceptors (Lipinski definition) is 4. The summed E-state index contributed by atoms with van der Waals surface area (Å²) >= 11 is 0. The molecule has 8 heteroatoms. The molecule has 0 amide bonds. The number of rotatable bonds is 8. The number of ether oxygens (including phenoxy) is 1. The van der Waals surface area contributed by atoms with Crippen LogP contribution < -0.4 is 4.74 Å². The monoisotopic (exact) mass is 524 g/mol. The van der Waals surface area contributed by atoms with E-state index in [2.05, 4.69) is 21.7 Å². The summed E-state index contributed by atoms with van der Waals surface area (Å²) in [6.45, 7) is 1.92. The molecular formula is C30H31F3N2O3. The van der Waals surface area contributed by atoms with Gasteiger partial charge in [0.05, 0.1) is 24.7 Å². The van der Waals surface area contributed by atoms with E-state index in [1.165, 1.54) is 17.7 Å². The first-order valence-electron chi connectivity index (χ1n) is 12.7. The Morgan fingerprint density at radius 1 is 1.16 bits per heavy atom. The molecule has 2 atom stereocenters. The highest BCUT2D eigenvalue weighted by Crippen LogP contribution is 2.32. The summed E-state index contributed by atoms with van der Waals surface area (Å²) in [6, 6.07) is 12.7. The van der Waals surface area contributed by atoms with Crippen LogP contribution in [0.25, 0.3) is 10.9 Å². The molecule has 1 saturated heterocycles. The number of benzene rings is 2. The maximum atomic E-state index is 12.7. The Kier molecular flexibility index (Phi) is 8.90. The summed E-state index contributed by atoms with van der Waals surface area (Å²) in [6.07, 6.45) is 1.23. The third kappa shape index (κ3) is 7.26. The number of aryl methyl sites for hydroxylation is 1. The molecule has 0 saturated carbocycles. The Balaban J connectivity index is 1.33. The van der Waals surface area contributed by atoms with Crippen LogP contribution in [0.4, 0.5) is 13.2 Å². The molecule has 38 heavy (non-hydrogen) atoms. The number of aliphatic carboxylic acids is 1. The smallest absolute Gasteiger partial charge is 0.416 e. The van der Waals surface area contributed by atoms with Crippen molar-refractivity contribution in [1.29, 1.82) is 0 Å². The van der Waals surface area contributed by atoms with Crippen LogP contribution in [0, 0.1) is 23.7 Å². The molecule has 1 aromatic heterocycles. The number of pyridine rings is 1. The van der Waals surface area contributed by atoms with Crippen molar-refractivity contribution in [2.24, 2.45) is 11.8 Å². The van der Waals surface area contributed by atoms with Crippen molar-refractivity contribution in [2.45, 2.75) is 38.3 Å².